The molecular formula is C80H107NO14Si2. The minimum Gasteiger partial charge on any atom is -0.444 e. The van der Waals surface area contributed by atoms with E-state index in [4.69, 9.17) is 42.6 Å². The van der Waals surface area contributed by atoms with Crippen molar-refractivity contribution in [2.45, 2.75) is 260 Å². The summed E-state index contributed by atoms with van der Waals surface area (Å²) in [6.45, 7) is 29.7. The highest BCUT2D eigenvalue weighted by Gasteiger charge is 2.63. The number of hydrogen-bond acceptors (Lipinski definition) is 14. The molecular weight excluding hydrogens is 1260 g/mol. The molecule has 97 heavy (non-hydrogen) atoms. The molecule has 17 heteroatoms. The lowest BCUT2D eigenvalue weighted by atomic mass is 9.74. The molecule has 8 heterocycles. The average molecular weight is 1360 g/mol. The van der Waals surface area contributed by atoms with Crippen LogP contribution in [0.2, 0.25) is 10.1 Å². The van der Waals surface area contributed by atoms with E-state index in [0.717, 1.165) is 44.7 Å². The summed E-state index contributed by atoms with van der Waals surface area (Å²) >= 11 is 0. The van der Waals surface area contributed by atoms with E-state index in [2.05, 4.69) is 72.0 Å². The van der Waals surface area contributed by atoms with Crippen LogP contribution in [0.1, 0.15) is 153 Å². The maximum absolute atomic E-state index is 15.4. The molecule has 8 aliphatic heterocycles. The molecule has 12 unspecified atom stereocenters. The zero-order chi connectivity index (χ0) is 69.0. The van der Waals surface area contributed by atoms with E-state index in [-0.39, 0.29) is 78.9 Å². The molecule has 2 N–H and O–H groups in total. The Morgan fingerprint density at radius 1 is 0.619 bits per heavy atom. The number of nitrogens with zero attached hydrogens (tertiary/aromatic N) is 1. The summed E-state index contributed by atoms with van der Waals surface area (Å²) in [5, 5.41) is 2.04. The van der Waals surface area contributed by atoms with Crippen molar-refractivity contribution in [1.29, 1.82) is 0 Å². The Labute approximate surface area is 578 Å². The van der Waals surface area contributed by atoms with Crippen molar-refractivity contribution >= 4 is 55.0 Å². The number of benzene rings is 4. The minimum atomic E-state index is -3.68. The van der Waals surface area contributed by atoms with Crippen molar-refractivity contribution in [3.8, 4) is 0 Å². The fraction of sp³-hybridized carbons (Fsp3) is 0.588. The molecule has 8 aliphatic rings. The van der Waals surface area contributed by atoms with E-state index in [1.807, 2.05) is 138 Å². The minimum absolute atomic E-state index is 0.0234. The molecule has 8 bridgehead atoms. The van der Waals surface area contributed by atoms with Crippen LogP contribution in [0.5, 0.6) is 0 Å². The second-order valence-corrected chi connectivity index (χ2v) is 40.2. The number of carbonyl (C=O) groups is 3. The van der Waals surface area contributed by atoms with Crippen molar-refractivity contribution in [1.82, 2.24) is 4.90 Å². The zero-order valence-electron chi connectivity index (χ0n) is 59.1. The summed E-state index contributed by atoms with van der Waals surface area (Å²) < 4.78 is 62.7. The molecule has 12 rings (SSSR count). The number of methoxy groups -OCH3 is 1. The summed E-state index contributed by atoms with van der Waals surface area (Å²) in [4.78, 5) is 73.4. The standard InChI is InChI=1S/C80H107NO14Si2/c1-50-40-56-36-38-66-51(2)41-55(88-66)35-34-53(82)44-69-64(47-78(7,8)96(85,59-26-18-14-19-27-59)60-28-20-15-21-29-60)74-75(93-69)65(48-79(9,10)97(86,61-30-22-16-23-31-61)62-32-24-17-25-33-62)73-67(92-74)39-37-57(90-73)42-54(83)43-63-70(46-68(89-56)52(50)3)91-71(72(63)87-13)45-58-49-81(80(11,12)94-58)76(84)95-77(4,5)6/h14-35,50,55-58,63-75,85-86H,2-3,36-49H2,1,4-13H3/b35-34+/t50?,55?,56?,57?,58?,63?,64?,65?,66-,67?,68?,69?,70-,71+,72+,73+,74-,75?/m0/s1. The van der Waals surface area contributed by atoms with Crippen molar-refractivity contribution in [3.63, 3.8) is 0 Å². The number of amides is 1. The van der Waals surface area contributed by atoms with Gasteiger partial charge in [0.1, 0.15) is 17.1 Å². The maximum atomic E-state index is 15.4. The Morgan fingerprint density at radius 2 is 1.16 bits per heavy atom. The topological polar surface area (TPSA) is 178 Å². The van der Waals surface area contributed by atoms with Gasteiger partial charge in [0.25, 0.3) is 16.6 Å². The van der Waals surface area contributed by atoms with Gasteiger partial charge >= 0.3 is 6.09 Å². The van der Waals surface area contributed by atoms with Gasteiger partial charge in [-0.1, -0.05) is 175 Å². The quantitative estimate of drug-likeness (QED) is 0.0954. The van der Waals surface area contributed by atoms with Crippen LogP contribution in [-0.4, -0.2) is 159 Å². The summed E-state index contributed by atoms with van der Waals surface area (Å²) in [5.41, 5.74) is 0.330. The van der Waals surface area contributed by atoms with Crippen LogP contribution in [-0.2, 0) is 52.2 Å². The molecule has 7 saturated heterocycles. The molecule has 15 nitrogen and oxygen atoms in total. The molecule has 0 saturated carbocycles. The Bertz CT molecular complexity index is 3370. The normalized spacial score (nSPS) is 34.1. The van der Waals surface area contributed by atoms with Gasteiger partial charge in [0.15, 0.2) is 5.78 Å². The zero-order valence-corrected chi connectivity index (χ0v) is 61.1. The van der Waals surface area contributed by atoms with Gasteiger partial charge in [-0.05, 0) is 134 Å². The number of Topliss-reactive ketones (excluding diaryl/α,β-unsaturated/α-hetero) is 1. The third kappa shape index (κ3) is 14.8. The first-order valence-corrected chi connectivity index (χ1v) is 39.8. The van der Waals surface area contributed by atoms with E-state index in [1.165, 1.54) is 0 Å². The number of ketones is 2. The molecule has 18 atom stereocenters. The van der Waals surface area contributed by atoms with Crippen LogP contribution in [0.4, 0.5) is 4.79 Å². The van der Waals surface area contributed by atoms with Gasteiger partial charge in [-0.15, -0.1) is 0 Å². The van der Waals surface area contributed by atoms with Crippen LogP contribution in [0.15, 0.2) is 158 Å². The molecule has 0 aliphatic carbocycles. The summed E-state index contributed by atoms with van der Waals surface area (Å²) in [6.07, 6.45) is 3.10. The van der Waals surface area contributed by atoms with E-state index < -0.39 is 105 Å². The van der Waals surface area contributed by atoms with Gasteiger partial charge < -0.3 is 52.2 Å². The summed E-state index contributed by atoms with van der Waals surface area (Å²) in [6, 6.07) is 40.3. The van der Waals surface area contributed by atoms with E-state index in [1.54, 1.807) is 18.1 Å². The molecule has 0 spiro atoms. The van der Waals surface area contributed by atoms with Crippen molar-refractivity contribution in [3.05, 3.63) is 158 Å². The average Bonchev–Trinajstić information content (AvgIpc) is 1.72. The van der Waals surface area contributed by atoms with Crippen molar-refractivity contribution < 1.29 is 66.6 Å². The molecule has 0 radical (unpaired) electrons. The first-order chi connectivity index (χ1) is 46.0. The third-order valence-corrected chi connectivity index (χ3v) is 32.2. The Kier molecular flexibility index (Phi) is 21.1. The number of allylic oxidation sites excluding steroid dienone is 1. The molecule has 0 aromatic heterocycles. The summed E-state index contributed by atoms with van der Waals surface area (Å²) in [5.74, 6) is -1.04. The molecule has 1 amide bonds. The third-order valence-electron chi connectivity index (χ3n) is 23.2. The van der Waals surface area contributed by atoms with Gasteiger partial charge in [0.05, 0.1) is 92.0 Å². The number of rotatable bonds is 13. The lowest BCUT2D eigenvalue weighted by Gasteiger charge is -2.52. The predicted molar refractivity (Wildman–Crippen MR) is 380 cm³/mol. The van der Waals surface area contributed by atoms with Crippen LogP contribution in [0.25, 0.3) is 0 Å². The molecule has 7 fully saturated rings. The first-order valence-electron chi connectivity index (χ1n) is 36.0. The van der Waals surface area contributed by atoms with Crippen LogP contribution < -0.4 is 20.7 Å². The highest BCUT2D eigenvalue weighted by molar-refractivity contribution is 6.99. The number of fused-ring (bicyclic) bond motifs is 7. The van der Waals surface area contributed by atoms with Gasteiger partial charge in [-0.2, -0.15) is 0 Å². The summed E-state index contributed by atoms with van der Waals surface area (Å²) in [7, 11) is -5.62. The van der Waals surface area contributed by atoms with Crippen molar-refractivity contribution in [2.75, 3.05) is 13.7 Å². The predicted octanol–water partition coefficient (Wildman–Crippen LogP) is 11.4. The van der Waals surface area contributed by atoms with E-state index >= 15 is 4.79 Å². The Hall–Kier alpha value is -5.26. The second kappa shape index (κ2) is 28.6. The smallest absolute Gasteiger partial charge is 0.412 e. The number of carbonyl (C=O) groups excluding carboxylic acids is 3. The fourth-order valence-corrected chi connectivity index (χ4v) is 25.8. The maximum Gasteiger partial charge on any atom is 0.412 e. The van der Waals surface area contributed by atoms with Crippen LogP contribution >= 0.6 is 0 Å². The van der Waals surface area contributed by atoms with Gasteiger partial charge in [0.2, 0.25) is 0 Å². The van der Waals surface area contributed by atoms with Gasteiger partial charge in [0, 0.05) is 63.4 Å². The highest BCUT2D eigenvalue weighted by atomic mass is 28.4. The number of ether oxygens (including phenoxy) is 9. The molecule has 4 aromatic rings. The number of hydrogen-bond donors (Lipinski definition) is 2. The van der Waals surface area contributed by atoms with Crippen LogP contribution in [0, 0.1) is 23.7 Å². The van der Waals surface area contributed by atoms with E-state index in [9.17, 15) is 19.2 Å². The SMILES string of the molecule is C=C1C(C)CC2CC[C@@H]3OC(/C=C/C(=O)CC4OC5C(CC(C)(C)[Si](O)(c6ccccc6)c6ccccc6)[C@H]6OC(CCC6O[C@H]5C4CC(C)(C)[Si](O)(c4ccccc4)c4ccccc4)CC(=O)CC4[C@H](CC1O2)O[C@H](CC1CN(C(=O)OC(C)(C)C)C(C)(C)O1)[C@@H]4OC)CC3=C. The van der Waals surface area contributed by atoms with Gasteiger partial charge in [-0.25, -0.2) is 4.79 Å². The molecule has 4 aromatic carbocycles. The first kappa shape index (κ1) is 71.6. The van der Waals surface area contributed by atoms with E-state index in [0.29, 0.717) is 57.9 Å². The van der Waals surface area contributed by atoms with Gasteiger partial charge in [-0.3, -0.25) is 14.5 Å². The fourth-order valence-electron chi connectivity index (χ4n) is 18.3. The monoisotopic (exact) mass is 1360 g/mol. The Morgan fingerprint density at radius 3 is 1.73 bits per heavy atom. The van der Waals surface area contributed by atoms with Crippen LogP contribution in [0.3, 0.4) is 0 Å². The largest absolute Gasteiger partial charge is 0.444 e. The second-order valence-electron chi connectivity index (χ2n) is 32.3. The van der Waals surface area contributed by atoms with Crippen molar-refractivity contribution in [2.24, 2.45) is 23.7 Å². The Balaban J connectivity index is 0.913. The lowest BCUT2D eigenvalue weighted by molar-refractivity contribution is -0.242. The molecule has 524 valence electrons. The lowest BCUT2D eigenvalue weighted by Crippen LogP contribution is -2.67. The highest BCUT2D eigenvalue weighted by Crippen LogP contribution is 2.56.